The third-order valence-electron chi connectivity index (χ3n) is 2.42. The summed E-state index contributed by atoms with van der Waals surface area (Å²) in [5.41, 5.74) is 4.65. The summed E-state index contributed by atoms with van der Waals surface area (Å²) in [7, 11) is 0. The van der Waals surface area contributed by atoms with Crippen LogP contribution in [0.15, 0.2) is 12.3 Å². The van der Waals surface area contributed by atoms with Crippen molar-refractivity contribution in [3.63, 3.8) is 0 Å². The van der Waals surface area contributed by atoms with E-state index in [9.17, 15) is 9.59 Å². The summed E-state index contributed by atoms with van der Waals surface area (Å²) < 4.78 is 0. The third kappa shape index (κ3) is 3.58. The van der Waals surface area contributed by atoms with Gasteiger partial charge in [0.25, 0.3) is 5.91 Å². The first-order valence-electron chi connectivity index (χ1n) is 5.13. The lowest BCUT2D eigenvalue weighted by atomic mass is 9.93. The van der Waals surface area contributed by atoms with Gasteiger partial charge in [0.15, 0.2) is 0 Å². The Hall–Kier alpha value is -1.33. The molecule has 2 amide bonds. The van der Waals surface area contributed by atoms with Crippen LogP contribution in [0.1, 0.15) is 24.2 Å². The highest BCUT2D eigenvalue weighted by Gasteiger charge is 2.25. The number of nitrogens with one attached hydrogen (secondary N) is 1. The van der Waals surface area contributed by atoms with Gasteiger partial charge in [0, 0.05) is 12.7 Å². The van der Waals surface area contributed by atoms with E-state index in [-0.39, 0.29) is 22.3 Å². The minimum absolute atomic E-state index is 0.126. The molecule has 98 valence electrons. The minimum atomic E-state index is -0.820. The first-order valence-corrected chi connectivity index (χ1v) is 5.89. The van der Waals surface area contributed by atoms with Gasteiger partial charge in [-0.25, -0.2) is 4.98 Å². The van der Waals surface area contributed by atoms with E-state index in [4.69, 9.17) is 28.9 Å². The fourth-order valence-electron chi connectivity index (χ4n) is 1.04. The van der Waals surface area contributed by atoms with Crippen molar-refractivity contribution in [2.45, 2.75) is 13.8 Å². The molecule has 1 rings (SSSR count). The van der Waals surface area contributed by atoms with E-state index in [1.807, 2.05) is 0 Å². The van der Waals surface area contributed by atoms with Crippen LogP contribution in [-0.2, 0) is 4.79 Å². The Bertz CT molecular complexity index is 489. The standard InChI is InChI=1S/C11H13Cl2N3O2/c1-11(2,10(14)18)5-16-9(17)6-3-7(12)8(13)15-4-6/h3-4H,5H2,1-2H3,(H2,14,18)(H,16,17). The maximum absolute atomic E-state index is 11.8. The quantitative estimate of drug-likeness (QED) is 0.826. The number of nitrogens with two attached hydrogens (primary N) is 1. The van der Waals surface area contributed by atoms with Gasteiger partial charge in [-0.15, -0.1) is 0 Å². The summed E-state index contributed by atoms with van der Waals surface area (Å²) in [6, 6.07) is 1.41. The summed E-state index contributed by atoms with van der Waals surface area (Å²) in [5.74, 6) is -0.884. The Morgan fingerprint density at radius 2 is 2.06 bits per heavy atom. The molecule has 18 heavy (non-hydrogen) atoms. The van der Waals surface area contributed by atoms with E-state index in [1.165, 1.54) is 12.3 Å². The molecule has 0 aliphatic rings. The molecule has 0 saturated carbocycles. The Labute approximate surface area is 115 Å². The van der Waals surface area contributed by atoms with Crippen molar-refractivity contribution in [3.8, 4) is 0 Å². The number of halogens is 2. The zero-order valence-electron chi connectivity index (χ0n) is 9.96. The summed E-state index contributed by atoms with van der Waals surface area (Å²) in [6.45, 7) is 3.41. The average molecular weight is 290 g/mol. The monoisotopic (exact) mass is 289 g/mol. The maximum Gasteiger partial charge on any atom is 0.252 e. The molecule has 0 aromatic carbocycles. The molecule has 0 aliphatic carbocycles. The Morgan fingerprint density at radius 1 is 1.44 bits per heavy atom. The van der Waals surface area contributed by atoms with Gasteiger partial charge in [-0.1, -0.05) is 23.2 Å². The van der Waals surface area contributed by atoms with Crippen molar-refractivity contribution < 1.29 is 9.59 Å². The van der Waals surface area contributed by atoms with Crippen LogP contribution >= 0.6 is 23.2 Å². The second kappa shape index (κ2) is 5.54. The predicted molar refractivity (Wildman–Crippen MR) is 69.6 cm³/mol. The highest BCUT2D eigenvalue weighted by molar-refractivity contribution is 6.41. The number of nitrogens with zero attached hydrogens (tertiary/aromatic N) is 1. The molecule has 0 radical (unpaired) electrons. The summed E-state index contributed by atoms with van der Waals surface area (Å²) in [5, 5.41) is 2.91. The van der Waals surface area contributed by atoms with Crippen molar-refractivity contribution in [2.75, 3.05) is 6.54 Å². The third-order valence-corrected chi connectivity index (χ3v) is 3.10. The smallest absolute Gasteiger partial charge is 0.252 e. The first kappa shape index (κ1) is 14.7. The molecule has 7 heteroatoms. The van der Waals surface area contributed by atoms with Gasteiger partial charge < -0.3 is 11.1 Å². The van der Waals surface area contributed by atoms with Crippen LogP contribution in [0.5, 0.6) is 0 Å². The largest absolute Gasteiger partial charge is 0.369 e. The Kier molecular flexibility index (Phi) is 4.53. The lowest BCUT2D eigenvalue weighted by Crippen LogP contribution is -2.42. The van der Waals surface area contributed by atoms with Crippen molar-refractivity contribution in [1.29, 1.82) is 0 Å². The molecule has 1 aromatic rings. The number of pyridine rings is 1. The van der Waals surface area contributed by atoms with Crippen molar-refractivity contribution in [3.05, 3.63) is 28.0 Å². The highest BCUT2D eigenvalue weighted by Crippen LogP contribution is 2.20. The number of rotatable bonds is 4. The lowest BCUT2D eigenvalue weighted by Gasteiger charge is -2.20. The van der Waals surface area contributed by atoms with E-state index < -0.39 is 17.2 Å². The van der Waals surface area contributed by atoms with Crippen LogP contribution in [0.2, 0.25) is 10.2 Å². The molecule has 0 spiro atoms. The topological polar surface area (TPSA) is 85.1 Å². The molecular formula is C11H13Cl2N3O2. The number of primary amides is 1. The number of hydrogen-bond donors (Lipinski definition) is 2. The van der Waals surface area contributed by atoms with Crippen molar-refractivity contribution in [2.24, 2.45) is 11.1 Å². The molecule has 0 unspecified atom stereocenters. The average Bonchev–Trinajstić information content (AvgIpc) is 2.29. The van der Waals surface area contributed by atoms with Gasteiger partial charge in [-0.3, -0.25) is 9.59 Å². The fraction of sp³-hybridized carbons (Fsp3) is 0.364. The van der Waals surface area contributed by atoms with E-state index in [0.717, 1.165) is 0 Å². The van der Waals surface area contributed by atoms with Gasteiger partial charge in [0.2, 0.25) is 5.91 Å². The van der Waals surface area contributed by atoms with E-state index in [2.05, 4.69) is 10.3 Å². The molecule has 0 atom stereocenters. The molecule has 3 N–H and O–H groups in total. The van der Waals surface area contributed by atoms with Crippen LogP contribution in [0.4, 0.5) is 0 Å². The van der Waals surface area contributed by atoms with Crippen LogP contribution in [0.25, 0.3) is 0 Å². The molecule has 5 nitrogen and oxygen atoms in total. The summed E-state index contributed by atoms with van der Waals surface area (Å²) in [4.78, 5) is 26.6. The zero-order chi connectivity index (χ0) is 13.9. The van der Waals surface area contributed by atoms with Crippen LogP contribution in [0.3, 0.4) is 0 Å². The molecular weight excluding hydrogens is 277 g/mol. The molecule has 0 saturated heterocycles. The SMILES string of the molecule is CC(C)(CNC(=O)c1cnc(Cl)c(Cl)c1)C(N)=O. The molecule has 0 fully saturated rings. The maximum atomic E-state index is 11.8. The summed E-state index contributed by atoms with van der Waals surface area (Å²) in [6.07, 6.45) is 1.31. The van der Waals surface area contributed by atoms with E-state index >= 15 is 0 Å². The van der Waals surface area contributed by atoms with Gasteiger partial charge in [-0.05, 0) is 19.9 Å². The molecule has 1 heterocycles. The van der Waals surface area contributed by atoms with E-state index in [1.54, 1.807) is 13.8 Å². The van der Waals surface area contributed by atoms with Crippen LogP contribution in [0, 0.1) is 5.41 Å². The lowest BCUT2D eigenvalue weighted by molar-refractivity contribution is -0.125. The molecule has 0 bridgehead atoms. The Balaban J connectivity index is 2.72. The van der Waals surface area contributed by atoms with Gasteiger partial charge in [-0.2, -0.15) is 0 Å². The molecule has 1 aromatic heterocycles. The molecule has 0 aliphatic heterocycles. The number of aromatic nitrogens is 1. The Morgan fingerprint density at radius 3 is 2.56 bits per heavy atom. The van der Waals surface area contributed by atoms with Crippen LogP contribution < -0.4 is 11.1 Å². The van der Waals surface area contributed by atoms with Crippen LogP contribution in [-0.4, -0.2) is 23.3 Å². The van der Waals surface area contributed by atoms with Gasteiger partial charge >= 0.3 is 0 Å². The number of carbonyl (C=O) groups is 2. The summed E-state index contributed by atoms with van der Waals surface area (Å²) >= 11 is 11.4. The number of hydrogen-bond acceptors (Lipinski definition) is 3. The van der Waals surface area contributed by atoms with E-state index in [0.29, 0.717) is 0 Å². The second-order valence-corrected chi connectivity index (χ2v) is 5.19. The van der Waals surface area contributed by atoms with Gasteiger partial charge in [0.05, 0.1) is 16.0 Å². The normalized spacial score (nSPS) is 11.1. The van der Waals surface area contributed by atoms with Crippen molar-refractivity contribution >= 4 is 35.0 Å². The fourth-order valence-corrected chi connectivity index (χ4v) is 1.31. The minimum Gasteiger partial charge on any atom is -0.369 e. The van der Waals surface area contributed by atoms with Crippen molar-refractivity contribution in [1.82, 2.24) is 10.3 Å². The highest BCUT2D eigenvalue weighted by atomic mass is 35.5. The zero-order valence-corrected chi connectivity index (χ0v) is 11.5. The second-order valence-electron chi connectivity index (χ2n) is 4.43. The van der Waals surface area contributed by atoms with Gasteiger partial charge in [0.1, 0.15) is 5.15 Å². The number of carbonyl (C=O) groups excluding carboxylic acids is 2. The predicted octanol–water partition coefficient (Wildman–Crippen LogP) is 1.63. The first-order chi connectivity index (χ1) is 8.24. The number of amides is 2.